The Morgan fingerprint density at radius 3 is 1.96 bits per heavy atom. The number of aryl methyl sites for hydroxylation is 1. The van der Waals surface area contributed by atoms with Crippen LogP contribution in [0.3, 0.4) is 0 Å². The maximum absolute atomic E-state index is 14.5. The summed E-state index contributed by atoms with van der Waals surface area (Å²) >= 11 is 0. The van der Waals surface area contributed by atoms with Crippen LogP contribution in [0.4, 0.5) is 13.2 Å². The molecule has 0 aromatic heterocycles. The number of hydrogen-bond acceptors (Lipinski definition) is 2. The van der Waals surface area contributed by atoms with Crippen LogP contribution in [0.1, 0.15) is 5.56 Å². The minimum absolute atomic E-state index is 0.0311. The number of primary sulfonamides is 1. The molecular weight excluding hydrogens is 363 g/mol. The second kappa shape index (κ2) is 6.59. The van der Waals surface area contributed by atoms with Crippen LogP contribution >= 0.6 is 0 Å². The van der Waals surface area contributed by atoms with Crippen molar-refractivity contribution in [3.05, 3.63) is 77.6 Å². The van der Waals surface area contributed by atoms with E-state index in [1.54, 1.807) is 0 Å². The molecule has 3 nitrogen and oxygen atoms in total. The Hall–Kier alpha value is -2.64. The van der Waals surface area contributed by atoms with Gasteiger partial charge in [-0.1, -0.05) is 24.3 Å². The van der Waals surface area contributed by atoms with Crippen LogP contribution in [0.15, 0.2) is 59.5 Å². The number of halogens is 3. The highest BCUT2D eigenvalue weighted by molar-refractivity contribution is 7.89. The van der Waals surface area contributed by atoms with E-state index in [2.05, 4.69) is 0 Å². The third kappa shape index (κ3) is 3.36. The summed E-state index contributed by atoms with van der Waals surface area (Å²) in [6.45, 7) is 1.52. The topological polar surface area (TPSA) is 60.2 Å². The molecule has 7 heteroatoms. The first-order valence-corrected chi connectivity index (χ1v) is 9.11. The van der Waals surface area contributed by atoms with Crippen molar-refractivity contribution >= 4 is 10.0 Å². The van der Waals surface area contributed by atoms with E-state index in [-0.39, 0.29) is 10.5 Å². The Morgan fingerprint density at radius 1 is 0.808 bits per heavy atom. The lowest BCUT2D eigenvalue weighted by molar-refractivity contribution is 0.511. The van der Waals surface area contributed by atoms with Crippen LogP contribution in [-0.2, 0) is 10.0 Å². The molecular formula is C19H14F3NO2S. The molecule has 0 saturated carbocycles. The van der Waals surface area contributed by atoms with E-state index in [1.807, 2.05) is 0 Å². The first-order valence-electron chi connectivity index (χ1n) is 7.56. The van der Waals surface area contributed by atoms with Crippen molar-refractivity contribution in [2.24, 2.45) is 5.14 Å². The second-order valence-corrected chi connectivity index (χ2v) is 7.38. The minimum atomic E-state index is -3.87. The number of hydrogen-bond donors (Lipinski definition) is 1. The maximum Gasteiger partial charge on any atom is 0.238 e. The van der Waals surface area contributed by atoms with Gasteiger partial charge in [-0.15, -0.1) is 0 Å². The highest BCUT2D eigenvalue weighted by atomic mass is 32.2. The molecule has 0 aliphatic heterocycles. The average molecular weight is 377 g/mol. The molecule has 3 aromatic rings. The molecule has 0 amide bonds. The fraction of sp³-hybridized carbons (Fsp3) is 0.0526. The van der Waals surface area contributed by atoms with Gasteiger partial charge in [0.05, 0.1) is 4.90 Å². The first-order chi connectivity index (χ1) is 12.2. The van der Waals surface area contributed by atoms with E-state index in [9.17, 15) is 21.6 Å². The summed E-state index contributed by atoms with van der Waals surface area (Å²) in [7, 11) is -3.87. The minimum Gasteiger partial charge on any atom is -0.225 e. The Morgan fingerprint density at radius 2 is 1.38 bits per heavy atom. The molecule has 2 N–H and O–H groups in total. The van der Waals surface area contributed by atoms with Crippen molar-refractivity contribution in [2.75, 3.05) is 0 Å². The van der Waals surface area contributed by atoms with Crippen molar-refractivity contribution in [1.82, 2.24) is 0 Å². The molecule has 0 radical (unpaired) electrons. The summed E-state index contributed by atoms with van der Waals surface area (Å²) in [4.78, 5) is -0.0944. The van der Waals surface area contributed by atoms with E-state index in [1.165, 1.54) is 55.5 Å². The van der Waals surface area contributed by atoms with Crippen LogP contribution in [0, 0.1) is 24.4 Å². The van der Waals surface area contributed by atoms with Crippen molar-refractivity contribution < 1.29 is 21.6 Å². The van der Waals surface area contributed by atoms with E-state index >= 15 is 0 Å². The van der Waals surface area contributed by atoms with Gasteiger partial charge in [-0.05, 0) is 59.5 Å². The molecule has 26 heavy (non-hydrogen) atoms. The van der Waals surface area contributed by atoms with Gasteiger partial charge in [-0.2, -0.15) is 0 Å². The summed E-state index contributed by atoms with van der Waals surface area (Å²) in [6.07, 6.45) is 0. The Balaban J connectivity index is 2.22. The molecule has 0 spiro atoms. The lowest BCUT2D eigenvalue weighted by atomic mass is 9.93. The lowest BCUT2D eigenvalue weighted by Gasteiger charge is -2.13. The fourth-order valence-electron chi connectivity index (χ4n) is 2.70. The zero-order chi connectivity index (χ0) is 19.1. The van der Waals surface area contributed by atoms with Crippen LogP contribution in [-0.4, -0.2) is 8.42 Å². The zero-order valence-electron chi connectivity index (χ0n) is 13.6. The van der Waals surface area contributed by atoms with Gasteiger partial charge < -0.3 is 0 Å². The number of rotatable bonds is 3. The van der Waals surface area contributed by atoms with Crippen molar-refractivity contribution in [2.45, 2.75) is 11.8 Å². The van der Waals surface area contributed by atoms with Crippen LogP contribution in [0.2, 0.25) is 0 Å². The number of nitrogens with two attached hydrogens (primary N) is 1. The predicted molar refractivity (Wildman–Crippen MR) is 93.3 cm³/mol. The molecule has 3 aromatic carbocycles. The molecule has 0 aliphatic rings. The van der Waals surface area contributed by atoms with Gasteiger partial charge in [0.25, 0.3) is 0 Å². The van der Waals surface area contributed by atoms with Crippen molar-refractivity contribution in [3.63, 3.8) is 0 Å². The van der Waals surface area contributed by atoms with Crippen molar-refractivity contribution in [1.29, 1.82) is 0 Å². The highest BCUT2D eigenvalue weighted by Crippen LogP contribution is 2.36. The highest BCUT2D eigenvalue weighted by Gasteiger charge is 2.18. The molecule has 3 rings (SSSR count). The third-order valence-electron chi connectivity index (χ3n) is 4.04. The van der Waals surface area contributed by atoms with E-state index in [0.717, 1.165) is 6.07 Å². The quantitative estimate of drug-likeness (QED) is 0.736. The normalized spacial score (nSPS) is 11.6. The molecule has 0 saturated heterocycles. The molecule has 0 bridgehead atoms. The Labute approximate surface area is 149 Å². The number of sulfonamides is 1. The molecule has 0 atom stereocenters. The number of benzene rings is 3. The summed E-state index contributed by atoms with van der Waals surface area (Å²) in [5.41, 5.74) is 1.38. The van der Waals surface area contributed by atoms with Gasteiger partial charge in [-0.25, -0.2) is 26.7 Å². The molecule has 134 valence electrons. The Bertz CT molecular complexity index is 1090. The summed E-state index contributed by atoms with van der Waals surface area (Å²) in [5, 5.41) is 5.07. The van der Waals surface area contributed by atoms with Gasteiger partial charge in [0.1, 0.15) is 5.82 Å². The summed E-state index contributed by atoms with van der Waals surface area (Å²) in [5.74, 6) is -2.56. The van der Waals surface area contributed by atoms with Gasteiger partial charge in [-0.3, -0.25) is 0 Å². The molecule has 0 heterocycles. The largest absolute Gasteiger partial charge is 0.238 e. The Kier molecular flexibility index (Phi) is 4.60. The average Bonchev–Trinajstić information content (AvgIpc) is 2.59. The molecule has 0 aliphatic carbocycles. The van der Waals surface area contributed by atoms with E-state index in [4.69, 9.17) is 5.14 Å². The van der Waals surface area contributed by atoms with Crippen LogP contribution < -0.4 is 5.14 Å². The van der Waals surface area contributed by atoms with Crippen molar-refractivity contribution in [3.8, 4) is 22.3 Å². The van der Waals surface area contributed by atoms with Gasteiger partial charge in [0.2, 0.25) is 10.0 Å². The second-order valence-electron chi connectivity index (χ2n) is 5.82. The monoisotopic (exact) mass is 377 g/mol. The summed E-state index contributed by atoms with van der Waals surface area (Å²) in [6, 6.07) is 11.8. The summed E-state index contributed by atoms with van der Waals surface area (Å²) < 4.78 is 64.6. The van der Waals surface area contributed by atoms with Crippen LogP contribution in [0.25, 0.3) is 22.3 Å². The smallest absolute Gasteiger partial charge is 0.225 e. The first kappa shape index (κ1) is 18.2. The standard InChI is InChI=1S/C19H14F3NO2S/c1-11-10-13(4-8-16(11)20)18-15(7-9-17(21)19(18)22)12-2-5-14(6-3-12)26(23,24)25/h2-10H,1H3,(H2,23,24,25). The maximum atomic E-state index is 14.5. The molecule has 0 unspecified atom stereocenters. The zero-order valence-corrected chi connectivity index (χ0v) is 14.4. The van der Waals surface area contributed by atoms with Gasteiger partial charge >= 0.3 is 0 Å². The molecule has 0 fully saturated rings. The SMILES string of the molecule is Cc1cc(-c2c(-c3ccc(S(N)(=O)=O)cc3)ccc(F)c2F)ccc1F. The predicted octanol–water partition coefficient (Wildman–Crippen LogP) is 4.39. The van der Waals surface area contributed by atoms with Gasteiger partial charge in [0, 0.05) is 5.56 Å². The lowest BCUT2D eigenvalue weighted by Crippen LogP contribution is -2.11. The third-order valence-corrected chi connectivity index (χ3v) is 4.96. The van der Waals surface area contributed by atoms with Gasteiger partial charge in [0.15, 0.2) is 11.6 Å². The van der Waals surface area contributed by atoms with E-state index < -0.39 is 27.5 Å². The fourth-order valence-corrected chi connectivity index (χ4v) is 3.21. The van der Waals surface area contributed by atoms with E-state index in [0.29, 0.717) is 22.3 Å². The van der Waals surface area contributed by atoms with Crippen LogP contribution in [0.5, 0.6) is 0 Å².